The Balaban J connectivity index is 1.35. The largest absolute Gasteiger partial charge is 0.256 e. The van der Waals surface area contributed by atoms with Gasteiger partial charge in [0.1, 0.15) is 0 Å². The lowest BCUT2D eigenvalue weighted by molar-refractivity contribution is 1.23. The van der Waals surface area contributed by atoms with E-state index in [0.29, 0.717) is 5.82 Å². The Morgan fingerprint density at radius 2 is 0.909 bits per heavy atom. The molecule has 0 fully saturated rings. The number of hydrogen-bond donors (Lipinski definition) is 0. The lowest BCUT2D eigenvalue weighted by Crippen LogP contribution is -1.97. The van der Waals surface area contributed by atoms with Crippen LogP contribution in [0.5, 0.6) is 0 Å². The van der Waals surface area contributed by atoms with Crippen molar-refractivity contribution in [2.75, 3.05) is 0 Å². The highest BCUT2D eigenvalue weighted by molar-refractivity contribution is 6.03. The first-order valence-corrected chi connectivity index (χ1v) is 14.6. The van der Waals surface area contributed by atoms with E-state index < -0.39 is 0 Å². The van der Waals surface area contributed by atoms with Crippen molar-refractivity contribution in [3.05, 3.63) is 158 Å². The van der Waals surface area contributed by atoms with Gasteiger partial charge in [0.15, 0.2) is 5.82 Å². The molecule has 4 heteroatoms. The predicted octanol–water partition coefficient (Wildman–Crippen LogP) is 9.91. The van der Waals surface area contributed by atoms with Crippen molar-refractivity contribution in [2.45, 2.75) is 0 Å². The highest BCUT2D eigenvalue weighted by Gasteiger charge is 2.16. The second-order valence-corrected chi connectivity index (χ2v) is 10.8. The number of rotatable bonds is 5. The van der Waals surface area contributed by atoms with Crippen molar-refractivity contribution in [3.8, 4) is 56.3 Å². The monoisotopic (exact) mass is 562 g/mol. The summed E-state index contributed by atoms with van der Waals surface area (Å²) in [5.74, 6) is 0.657. The SMILES string of the molecule is c1ccc(-c2ccc(-c3nc(-c4cc(-c5ccccn5)cc(-c5ccccn5)c4)nc4cc5ccccc5cc34)cc2)cc1. The van der Waals surface area contributed by atoms with Gasteiger partial charge in [-0.05, 0) is 76.5 Å². The summed E-state index contributed by atoms with van der Waals surface area (Å²) in [6.07, 6.45) is 3.63. The first-order chi connectivity index (χ1) is 21.8. The Morgan fingerprint density at radius 1 is 0.364 bits per heavy atom. The Labute approximate surface area is 255 Å². The van der Waals surface area contributed by atoms with Gasteiger partial charge in [-0.2, -0.15) is 0 Å². The zero-order valence-electron chi connectivity index (χ0n) is 23.8. The van der Waals surface area contributed by atoms with E-state index in [2.05, 4.69) is 113 Å². The van der Waals surface area contributed by atoms with Crippen LogP contribution in [0, 0.1) is 0 Å². The Hall–Kier alpha value is -6.00. The van der Waals surface area contributed by atoms with Gasteiger partial charge in [0.25, 0.3) is 0 Å². The van der Waals surface area contributed by atoms with Gasteiger partial charge in [-0.1, -0.05) is 91.0 Å². The molecular formula is C40H26N4. The molecule has 8 aromatic rings. The third-order valence-corrected chi connectivity index (χ3v) is 7.94. The van der Waals surface area contributed by atoms with Crippen LogP contribution < -0.4 is 0 Å². The molecule has 0 spiro atoms. The lowest BCUT2D eigenvalue weighted by Gasteiger charge is -2.13. The van der Waals surface area contributed by atoms with E-state index in [1.165, 1.54) is 11.1 Å². The van der Waals surface area contributed by atoms with Gasteiger partial charge >= 0.3 is 0 Å². The van der Waals surface area contributed by atoms with E-state index in [-0.39, 0.29) is 0 Å². The fraction of sp³-hybridized carbons (Fsp3) is 0. The van der Waals surface area contributed by atoms with Gasteiger partial charge in [0.05, 0.1) is 22.6 Å². The van der Waals surface area contributed by atoms with Gasteiger partial charge < -0.3 is 0 Å². The highest BCUT2D eigenvalue weighted by atomic mass is 14.9. The van der Waals surface area contributed by atoms with E-state index in [1.807, 2.05) is 54.9 Å². The number of nitrogens with zero attached hydrogens (tertiary/aromatic N) is 4. The Morgan fingerprint density at radius 3 is 1.55 bits per heavy atom. The summed E-state index contributed by atoms with van der Waals surface area (Å²) < 4.78 is 0. The topological polar surface area (TPSA) is 51.6 Å². The van der Waals surface area contributed by atoms with Crippen LogP contribution in [0.1, 0.15) is 0 Å². The molecule has 206 valence electrons. The molecule has 0 bridgehead atoms. The molecule has 3 aromatic heterocycles. The number of hydrogen-bond acceptors (Lipinski definition) is 4. The quantitative estimate of drug-likeness (QED) is 0.196. The Kier molecular flexibility index (Phi) is 6.43. The van der Waals surface area contributed by atoms with Crippen molar-refractivity contribution in [1.82, 2.24) is 19.9 Å². The molecule has 8 rings (SSSR count). The third-order valence-electron chi connectivity index (χ3n) is 7.94. The molecule has 3 heterocycles. The van der Waals surface area contributed by atoms with Crippen molar-refractivity contribution >= 4 is 21.7 Å². The van der Waals surface area contributed by atoms with E-state index in [4.69, 9.17) is 9.97 Å². The normalized spacial score (nSPS) is 11.2. The first kappa shape index (κ1) is 25.7. The van der Waals surface area contributed by atoms with Crippen LogP contribution in [0.4, 0.5) is 0 Å². The summed E-state index contributed by atoms with van der Waals surface area (Å²) in [4.78, 5) is 19.7. The molecule has 0 atom stereocenters. The van der Waals surface area contributed by atoms with Crippen LogP contribution in [-0.4, -0.2) is 19.9 Å². The summed E-state index contributed by atoms with van der Waals surface area (Å²) in [6.45, 7) is 0. The highest BCUT2D eigenvalue weighted by Crippen LogP contribution is 2.35. The predicted molar refractivity (Wildman–Crippen MR) is 180 cm³/mol. The summed E-state index contributed by atoms with van der Waals surface area (Å²) >= 11 is 0. The van der Waals surface area contributed by atoms with Crippen molar-refractivity contribution < 1.29 is 0 Å². The van der Waals surface area contributed by atoms with Crippen LogP contribution in [-0.2, 0) is 0 Å². The molecule has 44 heavy (non-hydrogen) atoms. The van der Waals surface area contributed by atoms with Crippen molar-refractivity contribution in [3.63, 3.8) is 0 Å². The number of aromatic nitrogens is 4. The number of fused-ring (bicyclic) bond motifs is 2. The van der Waals surface area contributed by atoms with Crippen molar-refractivity contribution in [2.24, 2.45) is 0 Å². The maximum Gasteiger partial charge on any atom is 0.160 e. The maximum atomic E-state index is 5.27. The maximum absolute atomic E-state index is 5.27. The fourth-order valence-electron chi connectivity index (χ4n) is 5.74. The zero-order chi connectivity index (χ0) is 29.3. The summed E-state index contributed by atoms with van der Waals surface area (Å²) in [5, 5.41) is 3.32. The minimum Gasteiger partial charge on any atom is -0.256 e. The average Bonchev–Trinajstić information content (AvgIpc) is 3.11. The third kappa shape index (κ3) is 4.89. The number of pyridine rings is 2. The van der Waals surface area contributed by atoms with E-state index in [0.717, 1.165) is 61.0 Å². The summed E-state index contributed by atoms with van der Waals surface area (Å²) in [6, 6.07) is 50.2. The van der Waals surface area contributed by atoms with Gasteiger partial charge in [0.2, 0.25) is 0 Å². The van der Waals surface area contributed by atoms with Crippen LogP contribution in [0.25, 0.3) is 78.0 Å². The van der Waals surface area contributed by atoms with E-state index >= 15 is 0 Å². The standard InChI is InChI=1S/C40H26N4/c1-2-10-27(11-3-1)28-16-18-29(19-17-28)39-35-25-30-12-4-5-13-31(30)26-38(35)43-40(44-39)34-23-32(36-14-6-8-20-41-36)22-33(24-34)37-15-7-9-21-42-37/h1-26H. The minimum absolute atomic E-state index is 0.657. The molecule has 0 saturated carbocycles. The Bertz CT molecular complexity index is 2190. The molecule has 4 nitrogen and oxygen atoms in total. The molecule has 0 amide bonds. The molecule has 5 aromatic carbocycles. The lowest BCUT2D eigenvalue weighted by atomic mass is 9.98. The van der Waals surface area contributed by atoms with Gasteiger partial charge in [-0.15, -0.1) is 0 Å². The van der Waals surface area contributed by atoms with Gasteiger partial charge in [-0.25, -0.2) is 9.97 Å². The number of benzene rings is 5. The second kappa shape index (κ2) is 11.0. The van der Waals surface area contributed by atoms with E-state index in [1.54, 1.807) is 0 Å². The van der Waals surface area contributed by atoms with Gasteiger partial charge in [-0.3, -0.25) is 9.97 Å². The molecular weight excluding hydrogens is 536 g/mol. The average molecular weight is 563 g/mol. The van der Waals surface area contributed by atoms with Crippen LogP contribution >= 0.6 is 0 Å². The van der Waals surface area contributed by atoms with Crippen LogP contribution in [0.3, 0.4) is 0 Å². The van der Waals surface area contributed by atoms with Crippen LogP contribution in [0.2, 0.25) is 0 Å². The van der Waals surface area contributed by atoms with Crippen LogP contribution in [0.15, 0.2) is 158 Å². The fourth-order valence-corrected chi connectivity index (χ4v) is 5.74. The molecule has 0 N–H and O–H groups in total. The van der Waals surface area contributed by atoms with Gasteiger partial charge in [0, 0.05) is 40.0 Å². The molecule has 0 saturated heterocycles. The molecule has 0 aliphatic rings. The van der Waals surface area contributed by atoms with Crippen molar-refractivity contribution in [1.29, 1.82) is 0 Å². The van der Waals surface area contributed by atoms with E-state index in [9.17, 15) is 0 Å². The molecule has 0 unspecified atom stereocenters. The molecule has 0 radical (unpaired) electrons. The summed E-state index contributed by atoms with van der Waals surface area (Å²) in [5.41, 5.74) is 9.85. The molecule has 0 aliphatic heterocycles. The smallest absolute Gasteiger partial charge is 0.160 e. The first-order valence-electron chi connectivity index (χ1n) is 14.6. The minimum atomic E-state index is 0.657. The summed E-state index contributed by atoms with van der Waals surface area (Å²) in [7, 11) is 0. The zero-order valence-corrected chi connectivity index (χ0v) is 23.8. The second-order valence-electron chi connectivity index (χ2n) is 10.8. The molecule has 0 aliphatic carbocycles.